The summed E-state index contributed by atoms with van der Waals surface area (Å²) in [5.74, 6) is 3.18. The van der Waals surface area contributed by atoms with E-state index in [0.717, 1.165) is 23.1 Å². The van der Waals surface area contributed by atoms with Gasteiger partial charge in [0.2, 0.25) is 11.5 Å². The van der Waals surface area contributed by atoms with Crippen molar-refractivity contribution < 1.29 is 32.8 Å². The van der Waals surface area contributed by atoms with Gasteiger partial charge in [-0.25, -0.2) is 4.79 Å². The van der Waals surface area contributed by atoms with Crippen LogP contribution in [0.4, 0.5) is 0 Å². The molecule has 0 atom stereocenters. The molecule has 0 N–H and O–H groups in total. The first-order chi connectivity index (χ1) is 18.4. The van der Waals surface area contributed by atoms with Crippen molar-refractivity contribution in [2.75, 3.05) is 42.7 Å². The van der Waals surface area contributed by atoms with E-state index in [-0.39, 0.29) is 5.56 Å². The number of allylic oxidation sites excluding steroid dienone is 1. The Bertz CT molecular complexity index is 1450. The van der Waals surface area contributed by atoms with Crippen LogP contribution in [0.1, 0.15) is 35.3 Å². The largest absolute Gasteiger partial charge is 0.493 e. The van der Waals surface area contributed by atoms with Crippen molar-refractivity contribution in [1.29, 1.82) is 5.26 Å². The Kier molecular flexibility index (Phi) is 7.82. The number of methoxy groups -OCH3 is 6. The van der Waals surface area contributed by atoms with Gasteiger partial charge in [0.15, 0.2) is 23.0 Å². The van der Waals surface area contributed by atoms with Crippen LogP contribution >= 0.6 is 0 Å². The molecule has 0 fully saturated rings. The second kappa shape index (κ2) is 11.2. The summed E-state index contributed by atoms with van der Waals surface area (Å²) in [5, 5.41) is 9.93. The van der Waals surface area contributed by atoms with Crippen LogP contribution in [0.3, 0.4) is 0 Å². The summed E-state index contributed by atoms with van der Waals surface area (Å²) in [5.41, 5.74) is 2.65. The Labute approximate surface area is 220 Å². The second-order valence-electron chi connectivity index (χ2n) is 8.45. The highest BCUT2D eigenvalue weighted by Gasteiger charge is 2.28. The summed E-state index contributed by atoms with van der Waals surface area (Å²) in [4.78, 5) is 13.1. The van der Waals surface area contributed by atoms with Crippen molar-refractivity contribution in [2.24, 2.45) is 0 Å². The molecule has 3 aromatic rings. The van der Waals surface area contributed by atoms with E-state index >= 15 is 0 Å². The quantitative estimate of drug-likeness (QED) is 0.401. The molecule has 1 aliphatic carbocycles. The van der Waals surface area contributed by atoms with E-state index in [1.807, 2.05) is 24.3 Å². The monoisotopic (exact) mass is 519 g/mol. The van der Waals surface area contributed by atoms with Gasteiger partial charge in [-0.05, 0) is 66.3 Å². The number of hydrogen-bond acceptors (Lipinski definition) is 9. The smallest absolute Gasteiger partial charge is 0.354 e. The van der Waals surface area contributed by atoms with Gasteiger partial charge >= 0.3 is 5.63 Å². The molecule has 1 aromatic heterocycles. The van der Waals surface area contributed by atoms with E-state index in [2.05, 4.69) is 0 Å². The molecule has 198 valence electrons. The molecular weight excluding hydrogens is 490 g/mol. The number of nitriles is 1. The average molecular weight is 520 g/mol. The molecule has 38 heavy (non-hydrogen) atoms. The molecule has 0 amide bonds. The fourth-order valence-electron chi connectivity index (χ4n) is 4.81. The zero-order valence-corrected chi connectivity index (χ0v) is 22.2. The molecule has 9 nitrogen and oxygen atoms in total. The molecule has 0 aliphatic heterocycles. The number of benzene rings is 2. The van der Waals surface area contributed by atoms with Gasteiger partial charge in [0, 0.05) is 11.1 Å². The number of rotatable bonds is 8. The van der Waals surface area contributed by atoms with Gasteiger partial charge in [0.25, 0.3) is 0 Å². The Morgan fingerprint density at radius 3 is 1.79 bits per heavy atom. The topological polar surface area (TPSA) is 109 Å². The van der Waals surface area contributed by atoms with E-state index in [1.54, 1.807) is 33.5 Å². The van der Waals surface area contributed by atoms with Gasteiger partial charge in [-0.2, -0.15) is 5.26 Å². The van der Waals surface area contributed by atoms with Crippen molar-refractivity contribution in [3.8, 4) is 51.7 Å². The molecule has 0 saturated carbocycles. The summed E-state index contributed by atoms with van der Waals surface area (Å²) in [6.45, 7) is 0. The van der Waals surface area contributed by atoms with E-state index in [1.165, 1.54) is 21.3 Å². The highest BCUT2D eigenvalue weighted by Crippen LogP contribution is 2.45. The maximum Gasteiger partial charge on any atom is 0.354 e. The normalized spacial score (nSPS) is 13.3. The minimum Gasteiger partial charge on any atom is -0.493 e. The number of ether oxygens (including phenoxy) is 6. The van der Waals surface area contributed by atoms with Crippen molar-refractivity contribution >= 4 is 11.6 Å². The summed E-state index contributed by atoms with van der Waals surface area (Å²) in [7, 11) is 9.19. The van der Waals surface area contributed by atoms with Gasteiger partial charge in [0.1, 0.15) is 17.4 Å². The predicted molar refractivity (Wildman–Crippen MR) is 142 cm³/mol. The lowest BCUT2D eigenvalue weighted by atomic mass is 9.85. The van der Waals surface area contributed by atoms with Crippen molar-refractivity contribution in [3.05, 3.63) is 57.1 Å². The van der Waals surface area contributed by atoms with Gasteiger partial charge in [-0.15, -0.1) is 0 Å². The van der Waals surface area contributed by atoms with Gasteiger partial charge < -0.3 is 32.8 Å². The lowest BCUT2D eigenvalue weighted by Gasteiger charge is -2.22. The molecule has 1 aliphatic rings. The maximum absolute atomic E-state index is 13.1. The highest BCUT2D eigenvalue weighted by molar-refractivity contribution is 5.87. The van der Waals surface area contributed by atoms with Crippen LogP contribution in [-0.2, 0) is 6.42 Å². The third kappa shape index (κ3) is 4.61. The molecule has 9 heteroatoms. The first-order valence-electron chi connectivity index (χ1n) is 11.9. The standard InChI is InChI=1S/C29H29NO8/c1-32-21-11-16(12-22(33-2)27(21)36-5)10-17-8-7-9-19-25(20(15-30)29(31)38-26(17)19)18-13-23(34-3)28(37-6)24(14-18)35-4/h10-14H,7-9H2,1-6H3/b17-10+. The fourth-order valence-corrected chi connectivity index (χ4v) is 4.81. The minimum atomic E-state index is -0.715. The zero-order chi connectivity index (χ0) is 27.4. The van der Waals surface area contributed by atoms with Crippen molar-refractivity contribution in [3.63, 3.8) is 0 Å². The van der Waals surface area contributed by atoms with E-state index in [0.29, 0.717) is 64.2 Å². The molecule has 0 radical (unpaired) electrons. The predicted octanol–water partition coefficient (Wildman–Crippen LogP) is 5.11. The van der Waals surface area contributed by atoms with Crippen LogP contribution in [-0.4, -0.2) is 42.7 Å². The molecular formula is C29H29NO8. The van der Waals surface area contributed by atoms with Crippen LogP contribution in [0.5, 0.6) is 34.5 Å². The van der Waals surface area contributed by atoms with Crippen LogP contribution in [0.25, 0.3) is 22.8 Å². The minimum absolute atomic E-state index is 0.0768. The lowest BCUT2D eigenvalue weighted by molar-refractivity contribution is 0.324. The maximum atomic E-state index is 13.1. The van der Waals surface area contributed by atoms with Crippen molar-refractivity contribution in [1.82, 2.24) is 0 Å². The van der Waals surface area contributed by atoms with Crippen LogP contribution in [0.2, 0.25) is 0 Å². The Balaban J connectivity index is 1.97. The second-order valence-corrected chi connectivity index (χ2v) is 8.45. The Morgan fingerprint density at radius 2 is 1.32 bits per heavy atom. The SMILES string of the molecule is COc1cc(/C=C2\CCCc3c2oc(=O)c(C#N)c3-c2cc(OC)c(OC)c(OC)c2)cc(OC)c1OC. The molecule has 0 bridgehead atoms. The summed E-state index contributed by atoms with van der Waals surface area (Å²) < 4.78 is 38.7. The fraction of sp³-hybridized carbons (Fsp3) is 0.310. The first kappa shape index (κ1) is 26.5. The average Bonchev–Trinajstić information content (AvgIpc) is 2.95. The molecule has 4 rings (SSSR count). The van der Waals surface area contributed by atoms with E-state index in [4.69, 9.17) is 32.8 Å². The lowest BCUT2D eigenvalue weighted by Crippen LogP contribution is -2.15. The number of nitrogens with zero attached hydrogens (tertiary/aromatic N) is 1. The van der Waals surface area contributed by atoms with Crippen LogP contribution in [0, 0.1) is 11.3 Å². The van der Waals surface area contributed by atoms with Crippen molar-refractivity contribution in [2.45, 2.75) is 19.3 Å². The summed E-state index contributed by atoms with van der Waals surface area (Å²) in [6.07, 6.45) is 4.01. The molecule has 0 unspecified atom stereocenters. The zero-order valence-electron chi connectivity index (χ0n) is 22.2. The van der Waals surface area contributed by atoms with Crippen LogP contribution in [0.15, 0.2) is 33.5 Å². The molecule has 1 heterocycles. The molecule has 0 spiro atoms. The van der Waals surface area contributed by atoms with Crippen LogP contribution < -0.4 is 34.0 Å². The van der Waals surface area contributed by atoms with Gasteiger partial charge in [0.05, 0.1) is 42.7 Å². The Hall–Kier alpha value is -4.58. The third-order valence-corrected chi connectivity index (χ3v) is 6.48. The Morgan fingerprint density at radius 1 is 0.789 bits per heavy atom. The van der Waals surface area contributed by atoms with E-state index < -0.39 is 5.63 Å². The third-order valence-electron chi connectivity index (χ3n) is 6.48. The van der Waals surface area contributed by atoms with E-state index in [9.17, 15) is 10.1 Å². The number of fused-ring (bicyclic) bond motifs is 1. The van der Waals surface area contributed by atoms with Gasteiger partial charge in [-0.1, -0.05) is 0 Å². The highest BCUT2D eigenvalue weighted by atomic mass is 16.5. The molecule has 2 aromatic carbocycles. The summed E-state index contributed by atoms with van der Waals surface area (Å²) >= 11 is 0. The molecule has 0 saturated heterocycles. The van der Waals surface area contributed by atoms with Gasteiger partial charge in [-0.3, -0.25) is 0 Å². The first-order valence-corrected chi connectivity index (χ1v) is 11.9. The summed E-state index contributed by atoms with van der Waals surface area (Å²) in [6, 6.07) is 9.15. The number of hydrogen-bond donors (Lipinski definition) is 0.